The van der Waals surface area contributed by atoms with Crippen molar-refractivity contribution in [2.24, 2.45) is 4.99 Å². The third-order valence-corrected chi connectivity index (χ3v) is 4.72. The monoisotopic (exact) mass is 435 g/mol. The second-order valence-corrected chi connectivity index (χ2v) is 7.71. The van der Waals surface area contributed by atoms with E-state index in [2.05, 4.69) is 51.7 Å². The number of hydrogen-bond donors (Lipinski definition) is 2. The van der Waals surface area contributed by atoms with E-state index in [1.807, 2.05) is 49.4 Å². The highest BCUT2D eigenvalue weighted by atomic mass is 16.5. The largest absolute Gasteiger partial charge is 0.494 e. The average Bonchev–Trinajstić information content (AvgIpc) is 3.29. The molecule has 0 aliphatic heterocycles. The minimum absolute atomic E-state index is 0.530. The highest BCUT2D eigenvalue weighted by Crippen LogP contribution is 2.18. The fraction of sp³-hybridized carbons (Fsp3) is 0.360. The zero-order chi connectivity index (χ0) is 22.6. The van der Waals surface area contributed by atoms with E-state index in [1.165, 1.54) is 0 Å². The van der Waals surface area contributed by atoms with Crippen molar-refractivity contribution in [2.75, 3.05) is 33.8 Å². The number of guanidine groups is 1. The zero-order valence-corrected chi connectivity index (χ0v) is 19.2. The van der Waals surface area contributed by atoms with Crippen LogP contribution in [0.2, 0.25) is 0 Å². The molecule has 0 radical (unpaired) electrons. The molecule has 0 saturated heterocycles. The van der Waals surface area contributed by atoms with E-state index in [0.717, 1.165) is 54.6 Å². The van der Waals surface area contributed by atoms with Gasteiger partial charge in [-0.05, 0) is 57.3 Å². The molecule has 0 atom stereocenters. The number of hydrogen-bond acceptors (Lipinski definition) is 5. The van der Waals surface area contributed by atoms with Crippen molar-refractivity contribution < 1.29 is 9.15 Å². The van der Waals surface area contributed by atoms with E-state index in [-0.39, 0.29) is 0 Å². The summed E-state index contributed by atoms with van der Waals surface area (Å²) in [5.41, 5.74) is 2.91. The van der Waals surface area contributed by atoms with Gasteiger partial charge in [-0.25, -0.2) is 9.98 Å². The molecule has 1 heterocycles. The van der Waals surface area contributed by atoms with E-state index in [4.69, 9.17) is 9.15 Å². The van der Waals surface area contributed by atoms with Crippen LogP contribution in [-0.4, -0.2) is 49.6 Å². The number of rotatable bonds is 11. The molecule has 2 aromatic carbocycles. The Bertz CT molecular complexity index is 952. The Kier molecular flexibility index (Phi) is 9.13. The summed E-state index contributed by atoms with van der Waals surface area (Å²) in [5.74, 6) is 2.25. The molecule has 3 aromatic rings. The molecule has 32 heavy (non-hydrogen) atoms. The van der Waals surface area contributed by atoms with Gasteiger partial charge in [-0.1, -0.05) is 30.3 Å². The fourth-order valence-electron chi connectivity index (χ4n) is 3.05. The topological polar surface area (TPSA) is 74.9 Å². The molecule has 0 spiro atoms. The molecular formula is C25H33N5O2. The quantitative estimate of drug-likeness (QED) is 0.270. The van der Waals surface area contributed by atoms with Crippen LogP contribution < -0.4 is 15.4 Å². The lowest BCUT2D eigenvalue weighted by molar-refractivity contribution is 0.281. The van der Waals surface area contributed by atoms with Crippen LogP contribution >= 0.6 is 0 Å². The Labute approximate surface area is 190 Å². The predicted octanol–water partition coefficient (Wildman–Crippen LogP) is 3.93. The van der Waals surface area contributed by atoms with Crippen molar-refractivity contribution >= 4 is 5.96 Å². The first-order chi connectivity index (χ1) is 15.6. The van der Waals surface area contributed by atoms with Gasteiger partial charge in [0.15, 0.2) is 5.96 Å². The lowest BCUT2D eigenvalue weighted by Gasteiger charge is -2.11. The molecule has 0 unspecified atom stereocenters. The van der Waals surface area contributed by atoms with Crippen LogP contribution in [0, 0.1) is 0 Å². The van der Waals surface area contributed by atoms with Crippen LogP contribution in [0.5, 0.6) is 5.75 Å². The van der Waals surface area contributed by atoms with Crippen LogP contribution in [0.25, 0.3) is 11.5 Å². The van der Waals surface area contributed by atoms with Gasteiger partial charge < -0.3 is 24.7 Å². The van der Waals surface area contributed by atoms with Gasteiger partial charge in [-0.2, -0.15) is 0 Å². The maximum atomic E-state index is 5.79. The number of ether oxygens (including phenoxy) is 1. The lowest BCUT2D eigenvalue weighted by Crippen LogP contribution is -2.36. The minimum Gasteiger partial charge on any atom is -0.494 e. The molecule has 0 aliphatic rings. The van der Waals surface area contributed by atoms with Crippen LogP contribution in [0.1, 0.15) is 24.6 Å². The predicted molar refractivity (Wildman–Crippen MR) is 129 cm³/mol. The SMILES string of the molecule is CCNC(=NCc1ccc(OCCCN(C)C)cc1)NCc1coc(-c2ccccc2)n1. The summed E-state index contributed by atoms with van der Waals surface area (Å²) in [6.07, 6.45) is 2.69. The Morgan fingerprint density at radius 1 is 1.06 bits per heavy atom. The summed E-state index contributed by atoms with van der Waals surface area (Å²) in [4.78, 5) is 11.4. The molecule has 0 saturated carbocycles. The first kappa shape index (κ1) is 23.3. The zero-order valence-electron chi connectivity index (χ0n) is 19.2. The molecule has 1 aromatic heterocycles. The van der Waals surface area contributed by atoms with Crippen molar-refractivity contribution in [1.29, 1.82) is 0 Å². The van der Waals surface area contributed by atoms with Crippen molar-refractivity contribution in [3.8, 4) is 17.2 Å². The van der Waals surface area contributed by atoms with Crippen molar-refractivity contribution in [1.82, 2.24) is 20.5 Å². The van der Waals surface area contributed by atoms with Gasteiger partial charge in [0.25, 0.3) is 0 Å². The van der Waals surface area contributed by atoms with Gasteiger partial charge in [-0.3, -0.25) is 0 Å². The minimum atomic E-state index is 0.530. The Morgan fingerprint density at radius 2 is 1.84 bits per heavy atom. The normalized spacial score (nSPS) is 11.6. The highest BCUT2D eigenvalue weighted by molar-refractivity contribution is 5.79. The third-order valence-electron chi connectivity index (χ3n) is 4.72. The molecule has 7 heteroatoms. The van der Waals surface area contributed by atoms with Crippen LogP contribution in [0.3, 0.4) is 0 Å². The van der Waals surface area contributed by atoms with Crippen molar-refractivity contribution in [3.63, 3.8) is 0 Å². The first-order valence-electron chi connectivity index (χ1n) is 11.0. The number of nitrogens with one attached hydrogen (secondary N) is 2. The van der Waals surface area contributed by atoms with E-state index < -0.39 is 0 Å². The molecule has 0 fully saturated rings. The van der Waals surface area contributed by atoms with Gasteiger partial charge in [0.1, 0.15) is 12.0 Å². The number of oxazole rings is 1. The highest BCUT2D eigenvalue weighted by Gasteiger charge is 2.07. The van der Waals surface area contributed by atoms with E-state index in [1.54, 1.807) is 6.26 Å². The summed E-state index contributed by atoms with van der Waals surface area (Å²) < 4.78 is 11.4. The molecule has 0 aliphatic carbocycles. The van der Waals surface area contributed by atoms with Crippen LogP contribution in [0.4, 0.5) is 0 Å². The van der Waals surface area contributed by atoms with Gasteiger partial charge in [0, 0.05) is 18.7 Å². The Balaban J connectivity index is 1.50. The van der Waals surface area contributed by atoms with Crippen LogP contribution in [0.15, 0.2) is 70.3 Å². The van der Waals surface area contributed by atoms with E-state index in [0.29, 0.717) is 19.0 Å². The number of aliphatic imine (C=N–C) groups is 1. The molecule has 7 nitrogen and oxygen atoms in total. The standard InChI is InChI=1S/C25H33N5O2/c1-4-26-25(28-18-22-19-32-24(29-22)21-9-6-5-7-10-21)27-17-20-11-13-23(14-12-20)31-16-8-15-30(2)3/h5-7,9-14,19H,4,8,15-18H2,1-3H3,(H2,26,27,28). The first-order valence-corrected chi connectivity index (χ1v) is 11.0. The summed E-state index contributed by atoms with van der Waals surface area (Å²) >= 11 is 0. The second-order valence-electron chi connectivity index (χ2n) is 7.71. The second kappa shape index (κ2) is 12.5. The molecule has 0 bridgehead atoms. The molecule has 3 rings (SSSR count). The maximum absolute atomic E-state index is 5.79. The number of benzene rings is 2. The number of nitrogens with zero attached hydrogens (tertiary/aromatic N) is 3. The average molecular weight is 436 g/mol. The van der Waals surface area contributed by atoms with Crippen molar-refractivity contribution in [2.45, 2.75) is 26.4 Å². The third kappa shape index (κ3) is 7.74. The van der Waals surface area contributed by atoms with E-state index in [9.17, 15) is 0 Å². The summed E-state index contributed by atoms with van der Waals surface area (Å²) in [5, 5.41) is 6.58. The summed E-state index contributed by atoms with van der Waals surface area (Å²) in [6.45, 7) is 5.67. The van der Waals surface area contributed by atoms with E-state index >= 15 is 0 Å². The van der Waals surface area contributed by atoms with Gasteiger partial charge >= 0.3 is 0 Å². The molecule has 0 amide bonds. The number of aromatic nitrogens is 1. The molecule has 2 N–H and O–H groups in total. The van der Waals surface area contributed by atoms with Crippen LogP contribution in [-0.2, 0) is 13.1 Å². The lowest BCUT2D eigenvalue weighted by atomic mass is 10.2. The van der Waals surface area contributed by atoms with Gasteiger partial charge in [0.2, 0.25) is 5.89 Å². The molecular weight excluding hydrogens is 402 g/mol. The summed E-state index contributed by atoms with van der Waals surface area (Å²) in [6, 6.07) is 18.0. The Hall–Kier alpha value is -3.32. The summed E-state index contributed by atoms with van der Waals surface area (Å²) in [7, 11) is 4.14. The fourth-order valence-corrected chi connectivity index (χ4v) is 3.05. The molecule has 170 valence electrons. The maximum Gasteiger partial charge on any atom is 0.226 e. The van der Waals surface area contributed by atoms with Crippen molar-refractivity contribution in [3.05, 3.63) is 72.1 Å². The van der Waals surface area contributed by atoms with Gasteiger partial charge in [0.05, 0.1) is 25.4 Å². The smallest absolute Gasteiger partial charge is 0.226 e. The van der Waals surface area contributed by atoms with Gasteiger partial charge in [-0.15, -0.1) is 0 Å². The Morgan fingerprint density at radius 3 is 2.56 bits per heavy atom.